The molecule has 0 aliphatic heterocycles. The summed E-state index contributed by atoms with van der Waals surface area (Å²) in [5, 5.41) is 3.00. The van der Waals surface area contributed by atoms with Gasteiger partial charge in [-0.25, -0.2) is 0 Å². The molecule has 0 saturated carbocycles. The highest BCUT2D eigenvalue weighted by Crippen LogP contribution is 2.34. The van der Waals surface area contributed by atoms with Crippen LogP contribution in [0.2, 0.25) is 0 Å². The third-order valence-electron chi connectivity index (χ3n) is 5.83. The van der Waals surface area contributed by atoms with Crippen LogP contribution in [0.1, 0.15) is 110 Å². The van der Waals surface area contributed by atoms with E-state index in [9.17, 15) is 9.59 Å². The van der Waals surface area contributed by atoms with Crippen molar-refractivity contribution in [3.05, 3.63) is 29.8 Å². The SMILES string of the molecule is CCCCCCC(C)(CCC)C(=O)c1ccc(NC(=O)C(C)(C)CCC)cc1. The minimum Gasteiger partial charge on any atom is -0.326 e. The molecule has 0 aromatic heterocycles. The molecule has 0 radical (unpaired) electrons. The predicted octanol–water partition coefficient (Wildman–Crippen LogP) is 7.41. The molecule has 1 atom stereocenters. The molecule has 28 heavy (non-hydrogen) atoms. The van der Waals surface area contributed by atoms with Crippen molar-refractivity contribution in [2.45, 2.75) is 99.3 Å². The van der Waals surface area contributed by atoms with Gasteiger partial charge < -0.3 is 5.32 Å². The lowest BCUT2D eigenvalue weighted by molar-refractivity contribution is -0.124. The first-order valence-electron chi connectivity index (χ1n) is 11.2. The normalized spacial score (nSPS) is 13.8. The van der Waals surface area contributed by atoms with E-state index < -0.39 is 0 Å². The number of carbonyl (C=O) groups is 2. The second-order valence-electron chi connectivity index (χ2n) is 9.12. The first-order valence-corrected chi connectivity index (χ1v) is 11.2. The summed E-state index contributed by atoms with van der Waals surface area (Å²) in [5.41, 5.74) is 0.820. The number of rotatable bonds is 13. The van der Waals surface area contributed by atoms with Crippen molar-refractivity contribution in [2.24, 2.45) is 10.8 Å². The molecule has 3 nitrogen and oxygen atoms in total. The quantitative estimate of drug-likeness (QED) is 0.283. The lowest BCUT2D eigenvalue weighted by Gasteiger charge is -2.28. The lowest BCUT2D eigenvalue weighted by atomic mass is 9.74. The number of Topliss-reactive ketones (excluding diaryl/α,β-unsaturated/α-hetero) is 1. The van der Waals surface area contributed by atoms with Crippen LogP contribution in [0, 0.1) is 10.8 Å². The van der Waals surface area contributed by atoms with Gasteiger partial charge in [-0.15, -0.1) is 0 Å². The number of hydrogen-bond acceptors (Lipinski definition) is 2. The topological polar surface area (TPSA) is 46.2 Å². The summed E-state index contributed by atoms with van der Waals surface area (Å²) in [6.45, 7) is 12.5. The van der Waals surface area contributed by atoms with Crippen molar-refractivity contribution in [3.8, 4) is 0 Å². The van der Waals surface area contributed by atoms with Crippen molar-refractivity contribution >= 4 is 17.4 Å². The molecule has 0 heterocycles. The molecule has 158 valence electrons. The maximum absolute atomic E-state index is 13.2. The summed E-state index contributed by atoms with van der Waals surface area (Å²) in [4.78, 5) is 25.7. The van der Waals surface area contributed by atoms with Crippen molar-refractivity contribution in [1.82, 2.24) is 0 Å². The fraction of sp³-hybridized carbons (Fsp3) is 0.680. The third kappa shape index (κ3) is 7.07. The van der Waals surface area contributed by atoms with Gasteiger partial charge in [0, 0.05) is 22.1 Å². The Kier molecular flexibility index (Phi) is 9.92. The van der Waals surface area contributed by atoms with Gasteiger partial charge in [0.2, 0.25) is 5.91 Å². The molecule has 0 saturated heterocycles. The zero-order chi connectivity index (χ0) is 21.2. The maximum atomic E-state index is 13.2. The van der Waals surface area contributed by atoms with Crippen molar-refractivity contribution < 1.29 is 9.59 Å². The predicted molar refractivity (Wildman–Crippen MR) is 120 cm³/mol. The standard InChI is InChI=1S/C25H41NO2/c1-7-10-11-12-19-25(6,18-9-3)22(27)20-13-15-21(16-14-20)26-23(28)24(4,5)17-8-2/h13-16H,7-12,17-19H2,1-6H3,(H,26,28). The fourth-order valence-corrected chi connectivity index (χ4v) is 3.94. The number of hydrogen-bond donors (Lipinski definition) is 1. The molecular formula is C25H41NO2. The zero-order valence-electron chi connectivity index (χ0n) is 19.0. The number of nitrogens with one attached hydrogen (secondary N) is 1. The summed E-state index contributed by atoms with van der Waals surface area (Å²) in [7, 11) is 0. The number of amides is 1. The van der Waals surface area contributed by atoms with Crippen LogP contribution in [-0.4, -0.2) is 11.7 Å². The summed E-state index contributed by atoms with van der Waals surface area (Å²) in [5.74, 6) is 0.259. The Labute approximate surface area is 172 Å². The van der Waals surface area contributed by atoms with Crippen molar-refractivity contribution in [2.75, 3.05) is 5.32 Å². The Hall–Kier alpha value is -1.64. The minimum absolute atomic E-state index is 0.0279. The van der Waals surface area contributed by atoms with Crippen LogP contribution >= 0.6 is 0 Å². The molecule has 0 aliphatic carbocycles. The number of unbranched alkanes of at least 4 members (excludes halogenated alkanes) is 3. The van der Waals surface area contributed by atoms with E-state index in [2.05, 4.69) is 33.0 Å². The van der Waals surface area contributed by atoms with E-state index in [1.54, 1.807) is 0 Å². The van der Waals surface area contributed by atoms with E-state index in [0.29, 0.717) is 0 Å². The fourth-order valence-electron chi connectivity index (χ4n) is 3.94. The van der Waals surface area contributed by atoms with Gasteiger partial charge in [0.15, 0.2) is 5.78 Å². The average Bonchev–Trinajstić information content (AvgIpc) is 2.65. The van der Waals surface area contributed by atoms with E-state index in [1.807, 2.05) is 38.1 Å². The summed E-state index contributed by atoms with van der Waals surface area (Å²) >= 11 is 0. The first kappa shape index (κ1) is 24.4. The number of ketones is 1. The second kappa shape index (κ2) is 11.4. The van der Waals surface area contributed by atoms with E-state index >= 15 is 0 Å². The second-order valence-corrected chi connectivity index (χ2v) is 9.12. The summed E-state index contributed by atoms with van der Waals surface area (Å²) in [6, 6.07) is 7.45. The Bertz CT molecular complexity index is 618. The molecule has 1 unspecified atom stereocenters. The van der Waals surface area contributed by atoms with Crippen LogP contribution in [0.15, 0.2) is 24.3 Å². The van der Waals surface area contributed by atoms with Crippen molar-refractivity contribution in [3.63, 3.8) is 0 Å². The molecule has 0 aliphatic rings. The lowest BCUT2D eigenvalue weighted by Crippen LogP contribution is -2.30. The molecule has 3 heteroatoms. The van der Waals surface area contributed by atoms with Gasteiger partial charge >= 0.3 is 0 Å². The van der Waals surface area contributed by atoms with Gasteiger partial charge in [0.05, 0.1) is 0 Å². The van der Waals surface area contributed by atoms with Gasteiger partial charge in [0.25, 0.3) is 0 Å². The van der Waals surface area contributed by atoms with E-state index in [0.717, 1.165) is 49.8 Å². The van der Waals surface area contributed by atoms with E-state index in [1.165, 1.54) is 19.3 Å². The largest absolute Gasteiger partial charge is 0.326 e. The molecule has 0 fully saturated rings. The highest BCUT2D eigenvalue weighted by Gasteiger charge is 2.32. The molecule has 1 aromatic rings. The minimum atomic E-state index is -0.387. The van der Waals surface area contributed by atoms with Gasteiger partial charge in [-0.1, -0.05) is 80.1 Å². The van der Waals surface area contributed by atoms with Crippen LogP contribution in [0.25, 0.3) is 0 Å². The average molecular weight is 388 g/mol. The summed E-state index contributed by atoms with van der Waals surface area (Å²) in [6.07, 6.45) is 9.45. The van der Waals surface area contributed by atoms with Gasteiger partial charge in [-0.05, 0) is 43.5 Å². The molecule has 1 amide bonds. The molecule has 1 aromatic carbocycles. The van der Waals surface area contributed by atoms with Crippen LogP contribution < -0.4 is 5.32 Å². The van der Waals surface area contributed by atoms with E-state index in [-0.39, 0.29) is 22.5 Å². The van der Waals surface area contributed by atoms with Crippen LogP contribution in [0.3, 0.4) is 0 Å². The molecule has 0 spiro atoms. The monoisotopic (exact) mass is 387 g/mol. The third-order valence-corrected chi connectivity index (χ3v) is 5.83. The van der Waals surface area contributed by atoms with Crippen molar-refractivity contribution in [1.29, 1.82) is 0 Å². The highest BCUT2D eigenvalue weighted by atomic mass is 16.2. The van der Waals surface area contributed by atoms with Gasteiger partial charge in [0.1, 0.15) is 0 Å². The Balaban J connectivity index is 2.83. The van der Waals surface area contributed by atoms with Crippen LogP contribution in [-0.2, 0) is 4.79 Å². The van der Waals surface area contributed by atoms with Crippen LogP contribution in [0.5, 0.6) is 0 Å². The maximum Gasteiger partial charge on any atom is 0.230 e. The van der Waals surface area contributed by atoms with Gasteiger partial charge in [-0.2, -0.15) is 0 Å². The Morgan fingerprint density at radius 3 is 1.93 bits per heavy atom. The number of benzene rings is 1. The summed E-state index contributed by atoms with van der Waals surface area (Å²) < 4.78 is 0. The zero-order valence-corrected chi connectivity index (χ0v) is 19.0. The number of carbonyl (C=O) groups excluding carboxylic acids is 2. The molecule has 1 N–H and O–H groups in total. The molecule has 0 bridgehead atoms. The first-order chi connectivity index (χ1) is 13.2. The van der Waals surface area contributed by atoms with E-state index in [4.69, 9.17) is 0 Å². The van der Waals surface area contributed by atoms with Gasteiger partial charge in [-0.3, -0.25) is 9.59 Å². The number of anilines is 1. The smallest absolute Gasteiger partial charge is 0.230 e. The Morgan fingerprint density at radius 2 is 1.39 bits per heavy atom. The molecular weight excluding hydrogens is 346 g/mol. The molecule has 1 rings (SSSR count). The highest BCUT2D eigenvalue weighted by molar-refractivity contribution is 6.01. The van der Waals surface area contributed by atoms with Crippen LogP contribution in [0.4, 0.5) is 5.69 Å². The Morgan fingerprint density at radius 1 is 0.786 bits per heavy atom.